The molecule has 1 aromatic heterocycles. The number of hydrogen-bond acceptors (Lipinski definition) is 2. The van der Waals surface area contributed by atoms with E-state index in [0.29, 0.717) is 18.2 Å². The van der Waals surface area contributed by atoms with Crippen molar-refractivity contribution in [3.8, 4) is 0 Å². The predicted octanol–water partition coefficient (Wildman–Crippen LogP) is 2.85. The summed E-state index contributed by atoms with van der Waals surface area (Å²) >= 11 is 0. The Balaban J connectivity index is 1.71. The molecule has 102 valence electrons. The van der Waals surface area contributed by atoms with E-state index in [0.717, 1.165) is 19.2 Å². The molecule has 0 aliphatic carbocycles. The van der Waals surface area contributed by atoms with Gasteiger partial charge < -0.3 is 4.90 Å². The highest BCUT2D eigenvalue weighted by molar-refractivity contribution is 5.92. The Morgan fingerprint density at radius 1 is 1.20 bits per heavy atom. The number of amides is 1. The number of carbonyl (C=O) groups is 1. The molecular weight excluding hydrogens is 255 g/mol. The van der Waals surface area contributed by atoms with Gasteiger partial charge in [-0.15, -0.1) is 0 Å². The quantitative estimate of drug-likeness (QED) is 0.840. The summed E-state index contributed by atoms with van der Waals surface area (Å²) in [7, 11) is 0. The zero-order chi connectivity index (χ0) is 13.9. The van der Waals surface area contributed by atoms with Crippen LogP contribution in [0.25, 0.3) is 0 Å². The van der Waals surface area contributed by atoms with Crippen LogP contribution in [0.15, 0.2) is 48.7 Å². The zero-order valence-corrected chi connectivity index (χ0v) is 11.0. The van der Waals surface area contributed by atoms with Crippen LogP contribution in [0.5, 0.6) is 0 Å². The van der Waals surface area contributed by atoms with E-state index in [2.05, 4.69) is 17.1 Å². The molecule has 4 heteroatoms. The Bertz CT molecular complexity index is 598. The lowest BCUT2D eigenvalue weighted by Crippen LogP contribution is -2.29. The molecule has 0 N–H and O–H groups in total. The average molecular weight is 270 g/mol. The number of likely N-dealkylation sites (tertiary alicyclic amines) is 1. The number of benzene rings is 1. The van der Waals surface area contributed by atoms with Crippen LogP contribution in [0.4, 0.5) is 4.39 Å². The second kappa shape index (κ2) is 5.41. The standard InChI is InChI=1S/C16H15FN2O/c17-14-6-7-15(18-10-14)16(20)19-9-8-13(11-19)12-4-2-1-3-5-12/h1-7,10,13H,8-9,11H2. The van der Waals surface area contributed by atoms with Crippen LogP contribution in [0.3, 0.4) is 0 Å². The maximum atomic E-state index is 12.8. The lowest BCUT2D eigenvalue weighted by atomic mass is 9.99. The molecule has 1 unspecified atom stereocenters. The van der Waals surface area contributed by atoms with Gasteiger partial charge in [0.1, 0.15) is 11.5 Å². The molecule has 1 aliphatic heterocycles. The molecule has 3 nitrogen and oxygen atoms in total. The number of rotatable bonds is 2. The third-order valence-electron chi connectivity index (χ3n) is 3.69. The molecule has 1 atom stereocenters. The van der Waals surface area contributed by atoms with E-state index in [-0.39, 0.29) is 5.91 Å². The minimum absolute atomic E-state index is 0.122. The second-order valence-corrected chi connectivity index (χ2v) is 5.01. The minimum atomic E-state index is -0.426. The third-order valence-corrected chi connectivity index (χ3v) is 3.69. The van der Waals surface area contributed by atoms with Crippen LogP contribution >= 0.6 is 0 Å². The van der Waals surface area contributed by atoms with Crippen molar-refractivity contribution in [3.63, 3.8) is 0 Å². The summed E-state index contributed by atoms with van der Waals surface area (Å²) in [5.74, 6) is -0.172. The third kappa shape index (κ3) is 2.54. The van der Waals surface area contributed by atoms with Crippen molar-refractivity contribution < 1.29 is 9.18 Å². The van der Waals surface area contributed by atoms with Crippen LogP contribution < -0.4 is 0 Å². The van der Waals surface area contributed by atoms with E-state index in [1.165, 1.54) is 17.7 Å². The Morgan fingerprint density at radius 3 is 2.70 bits per heavy atom. The average Bonchev–Trinajstić information content (AvgIpc) is 2.98. The van der Waals surface area contributed by atoms with Gasteiger partial charge >= 0.3 is 0 Å². The molecule has 2 aromatic rings. The molecule has 0 spiro atoms. The Morgan fingerprint density at radius 2 is 2.00 bits per heavy atom. The van der Waals surface area contributed by atoms with Gasteiger partial charge in [0.2, 0.25) is 0 Å². The van der Waals surface area contributed by atoms with Gasteiger partial charge in [0, 0.05) is 19.0 Å². The molecule has 1 amide bonds. The topological polar surface area (TPSA) is 33.2 Å². The van der Waals surface area contributed by atoms with Gasteiger partial charge in [-0.25, -0.2) is 9.37 Å². The first-order chi connectivity index (χ1) is 9.74. The maximum Gasteiger partial charge on any atom is 0.272 e. The van der Waals surface area contributed by atoms with Gasteiger partial charge in [-0.2, -0.15) is 0 Å². The van der Waals surface area contributed by atoms with Crippen LogP contribution in [0, 0.1) is 5.82 Å². The summed E-state index contributed by atoms with van der Waals surface area (Å²) in [5, 5.41) is 0. The highest BCUT2D eigenvalue weighted by Gasteiger charge is 2.28. The first-order valence-corrected chi connectivity index (χ1v) is 6.70. The van der Waals surface area contributed by atoms with Crippen LogP contribution in [0.2, 0.25) is 0 Å². The van der Waals surface area contributed by atoms with Gasteiger partial charge in [-0.3, -0.25) is 4.79 Å². The monoisotopic (exact) mass is 270 g/mol. The largest absolute Gasteiger partial charge is 0.337 e. The number of pyridine rings is 1. The molecule has 1 saturated heterocycles. The first kappa shape index (κ1) is 12.8. The van der Waals surface area contributed by atoms with Crippen molar-refractivity contribution in [3.05, 3.63) is 65.7 Å². The summed E-state index contributed by atoms with van der Waals surface area (Å²) in [6, 6.07) is 12.9. The molecule has 1 aromatic carbocycles. The summed E-state index contributed by atoms with van der Waals surface area (Å²) in [5.41, 5.74) is 1.56. The van der Waals surface area contributed by atoms with E-state index in [1.807, 2.05) is 18.2 Å². The molecule has 0 radical (unpaired) electrons. The number of halogens is 1. The highest BCUT2D eigenvalue weighted by atomic mass is 19.1. The first-order valence-electron chi connectivity index (χ1n) is 6.70. The van der Waals surface area contributed by atoms with Crippen molar-refractivity contribution in [2.45, 2.75) is 12.3 Å². The normalized spacial score (nSPS) is 18.2. The molecule has 1 aliphatic rings. The van der Waals surface area contributed by atoms with E-state index in [9.17, 15) is 9.18 Å². The van der Waals surface area contributed by atoms with Gasteiger partial charge in [-0.05, 0) is 24.1 Å². The molecular formula is C16H15FN2O. The second-order valence-electron chi connectivity index (χ2n) is 5.01. The molecule has 3 rings (SSSR count). The van der Waals surface area contributed by atoms with E-state index in [4.69, 9.17) is 0 Å². The highest BCUT2D eigenvalue weighted by Crippen LogP contribution is 2.27. The van der Waals surface area contributed by atoms with Gasteiger partial charge in [0.25, 0.3) is 5.91 Å². The minimum Gasteiger partial charge on any atom is -0.337 e. The molecule has 20 heavy (non-hydrogen) atoms. The van der Waals surface area contributed by atoms with Crippen LogP contribution in [0.1, 0.15) is 28.4 Å². The summed E-state index contributed by atoms with van der Waals surface area (Å²) in [6.07, 6.45) is 2.04. The van der Waals surface area contributed by atoms with E-state index < -0.39 is 5.82 Å². The summed E-state index contributed by atoms with van der Waals surface area (Å²) in [6.45, 7) is 1.42. The van der Waals surface area contributed by atoms with Crippen molar-refractivity contribution in [1.29, 1.82) is 0 Å². The smallest absolute Gasteiger partial charge is 0.272 e. The molecule has 1 fully saturated rings. The fourth-order valence-electron chi connectivity index (χ4n) is 2.61. The zero-order valence-electron chi connectivity index (χ0n) is 11.0. The van der Waals surface area contributed by atoms with Gasteiger partial charge in [0.15, 0.2) is 0 Å². The van der Waals surface area contributed by atoms with Gasteiger partial charge in [-0.1, -0.05) is 30.3 Å². The van der Waals surface area contributed by atoms with Crippen molar-refractivity contribution in [1.82, 2.24) is 9.88 Å². The van der Waals surface area contributed by atoms with Crippen molar-refractivity contribution in [2.75, 3.05) is 13.1 Å². The van der Waals surface area contributed by atoms with Crippen LogP contribution in [-0.2, 0) is 0 Å². The van der Waals surface area contributed by atoms with E-state index >= 15 is 0 Å². The lowest BCUT2D eigenvalue weighted by molar-refractivity contribution is 0.0785. The van der Waals surface area contributed by atoms with Crippen molar-refractivity contribution in [2.24, 2.45) is 0 Å². The number of hydrogen-bond donors (Lipinski definition) is 0. The fourth-order valence-corrected chi connectivity index (χ4v) is 2.61. The predicted molar refractivity (Wildman–Crippen MR) is 73.9 cm³/mol. The summed E-state index contributed by atoms with van der Waals surface area (Å²) in [4.78, 5) is 17.9. The Labute approximate surface area is 117 Å². The summed E-state index contributed by atoms with van der Waals surface area (Å²) < 4.78 is 12.8. The Kier molecular flexibility index (Phi) is 3.46. The Hall–Kier alpha value is -2.23. The molecule has 0 saturated carbocycles. The SMILES string of the molecule is O=C(c1ccc(F)cn1)N1CCC(c2ccccc2)C1. The van der Waals surface area contributed by atoms with Crippen LogP contribution in [-0.4, -0.2) is 28.9 Å². The molecule has 0 bridgehead atoms. The molecule has 2 heterocycles. The fraction of sp³-hybridized carbons (Fsp3) is 0.250. The number of carbonyl (C=O) groups excluding carboxylic acids is 1. The van der Waals surface area contributed by atoms with E-state index in [1.54, 1.807) is 4.90 Å². The number of nitrogens with zero attached hydrogens (tertiary/aromatic N) is 2. The van der Waals surface area contributed by atoms with Gasteiger partial charge in [0.05, 0.1) is 6.20 Å². The van der Waals surface area contributed by atoms with Crippen molar-refractivity contribution >= 4 is 5.91 Å². The maximum absolute atomic E-state index is 12.8. The lowest BCUT2D eigenvalue weighted by Gasteiger charge is -2.16. The number of aromatic nitrogens is 1.